The van der Waals surface area contributed by atoms with Crippen molar-refractivity contribution in [3.63, 3.8) is 0 Å². The number of rotatable bonds is 3. The molecule has 0 radical (unpaired) electrons. The first-order chi connectivity index (χ1) is 10.1. The zero-order chi connectivity index (χ0) is 15.4. The molecular weight excluding hydrogens is 270 g/mol. The van der Waals surface area contributed by atoms with Gasteiger partial charge >= 0.3 is 5.97 Å². The first kappa shape index (κ1) is 14.7. The third-order valence-corrected chi connectivity index (χ3v) is 3.34. The maximum Gasteiger partial charge on any atom is 0.336 e. The van der Waals surface area contributed by atoms with Crippen molar-refractivity contribution in [1.29, 1.82) is 5.26 Å². The summed E-state index contributed by atoms with van der Waals surface area (Å²) < 4.78 is 5.06. The number of nitrogens with zero attached hydrogens (tertiary/aromatic N) is 2. The highest BCUT2D eigenvalue weighted by molar-refractivity contribution is 5.97. The van der Waals surface area contributed by atoms with Crippen LogP contribution in [0.4, 0.5) is 0 Å². The summed E-state index contributed by atoms with van der Waals surface area (Å²) in [5, 5.41) is 11.9. The number of nitrogens with one attached hydrogen (secondary N) is 1. The minimum absolute atomic E-state index is 0.226. The summed E-state index contributed by atoms with van der Waals surface area (Å²) in [6, 6.07) is 5.36. The van der Waals surface area contributed by atoms with Crippen LogP contribution < -0.4 is 5.32 Å². The van der Waals surface area contributed by atoms with Crippen LogP contribution in [0.25, 0.3) is 0 Å². The Bertz CT molecular complexity index is 631. The van der Waals surface area contributed by atoms with Crippen LogP contribution >= 0.6 is 0 Å². The lowest BCUT2D eigenvalue weighted by molar-refractivity contribution is -0.139. The quantitative estimate of drug-likeness (QED) is 0.844. The van der Waals surface area contributed by atoms with Crippen LogP contribution in [0.5, 0.6) is 0 Å². The number of carbonyl (C=O) groups is 2. The van der Waals surface area contributed by atoms with Gasteiger partial charge in [-0.05, 0) is 31.5 Å². The number of esters is 1. The molecule has 0 spiro atoms. The molecule has 2 heterocycles. The molecule has 0 saturated carbocycles. The molecule has 1 aliphatic heterocycles. The van der Waals surface area contributed by atoms with E-state index in [2.05, 4.69) is 10.3 Å². The van der Waals surface area contributed by atoms with Gasteiger partial charge in [-0.2, -0.15) is 5.26 Å². The van der Waals surface area contributed by atoms with E-state index in [1.807, 2.05) is 6.07 Å². The second kappa shape index (κ2) is 6.18. The van der Waals surface area contributed by atoms with E-state index in [9.17, 15) is 14.9 Å². The first-order valence-electron chi connectivity index (χ1n) is 6.58. The second-order valence-electron chi connectivity index (χ2n) is 4.61. The largest absolute Gasteiger partial charge is 0.463 e. The van der Waals surface area contributed by atoms with E-state index in [0.29, 0.717) is 16.8 Å². The Labute approximate surface area is 122 Å². The molecule has 1 N–H and O–H groups in total. The van der Waals surface area contributed by atoms with E-state index in [0.717, 1.165) is 0 Å². The summed E-state index contributed by atoms with van der Waals surface area (Å²) in [6.45, 7) is 3.56. The summed E-state index contributed by atoms with van der Waals surface area (Å²) in [6.07, 6.45) is 3.13. The predicted molar refractivity (Wildman–Crippen MR) is 73.6 cm³/mol. The fraction of sp³-hybridized carbons (Fsp3) is 0.333. The molecule has 0 bridgehead atoms. The molecule has 1 aromatic heterocycles. The fourth-order valence-electron chi connectivity index (χ4n) is 2.43. The molecule has 2 rings (SSSR count). The molecule has 0 fully saturated rings. The lowest BCUT2D eigenvalue weighted by Crippen LogP contribution is -2.41. The molecule has 0 aromatic carbocycles. The van der Waals surface area contributed by atoms with Crippen molar-refractivity contribution < 1.29 is 14.3 Å². The van der Waals surface area contributed by atoms with E-state index in [1.54, 1.807) is 38.4 Å². The highest BCUT2D eigenvalue weighted by atomic mass is 16.5. The second-order valence-corrected chi connectivity index (χ2v) is 4.61. The minimum Gasteiger partial charge on any atom is -0.463 e. The van der Waals surface area contributed by atoms with Crippen molar-refractivity contribution in [3.05, 3.63) is 41.4 Å². The number of amides is 1. The van der Waals surface area contributed by atoms with E-state index < -0.39 is 23.7 Å². The van der Waals surface area contributed by atoms with Crippen LogP contribution in [0.15, 0.2) is 35.8 Å². The topological polar surface area (TPSA) is 92.1 Å². The van der Waals surface area contributed by atoms with Gasteiger partial charge in [-0.3, -0.25) is 9.78 Å². The first-order valence-corrected chi connectivity index (χ1v) is 6.58. The average molecular weight is 285 g/mol. The number of hydrogen-bond acceptors (Lipinski definition) is 5. The van der Waals surface area contributed by atoms with Crippen LogP contribution in [-0.4, -0.2) is 23.5 Å². The van der Waals surface area contributed by atoms with Crippen molar-refractivity contribution in [2.75, 3.05) is 6.61 Å². The number of nitriles is 1. The van der Waals surface area contributed by atoms with Crippen molar-refractivity contribution in [2.45, 2.75) is 19.8 Å². The fourth-order valence-corrected chi connectivity index (χ4v) is 2.43. The highest BCUT2D eigenvalue weighted by Crippen LogP contribution is 2.37. The van der Waals surface area contributed by atoms with Crippen molar-refractivity contribution in [2.24, 2.45) is 5.92 Å². The van der Waals surface area contributed by atoms with Gasteiger partial charge in [-0.1, -0.05) is 0 Å². The maximum atomic E-state index is 12.2. The van der Waals surface area contributed by atoms with Gasteiger partial charge in [-0.15, -0.1) is 0 Å². The van der Waals surface area contributed by atoms with Crippen molar-refractivity contribution in [3.8, 4) is 6.07 Å². The SMILES string of the molecule is CCOC(=O)C1=C(C)NC(=O)[C@@H](C#N)[C@@H]1c1ccncc1. The third-order valence-electron chi connectivity index (χ3n) is 3.34. The summed E-state index contributed by atoms with van der Waals surface area (Å²) in [7, 11) is 0. The normalized spacial score (nSPS) is 21.5. The molecule has 1 amide bonds. The molecule has 21 heavy (non-hydrogen) atoms. The molecule has 6 nitrogen and oxygen atoms in total. The van der Waals surface area contributed by atoms with Crippen LogP contribution in [0, 0.1) is 17.2 Å². The number of pyridine rings is 1. The third kappa shape index (κ3) is 2.77. The van der Waals surface area contributed by atoms with Gasteiger partial charge in [0, 0.05) is 24.0 Å². The van der Waals surface area contributed by atoms with Gasteiger partial charge in [0.2, 0.25) is 5.91 Å². The Morgan fingerprint density at radius 1 is 1.48 bits per heavy atom. The molecule has 0 saturated heterocycles. The van der Waals surface area contributed by atoms with Crippen molar-refractivity contribution >= 4 is 11.9 Å². The molecule has 1 aliphatic rings. The number of hydrogen-bond donors (Lipinski definition) is 1. The predicted octanol–water partition coefficient (Wildman–Crippen LogP) is 1.27. The Morgan fingerprint density at radius 3 is 2.71 bits per heavy atom. The van der Waals surface area contributed by atoms with E-state index >= 15 is 0 Å². The van der Waals surface area contributed by atoms with Crippen LogP contribution in [-0.2, 0) is 14.3 Å². The van der Waals surface area contributed by atoms with Crippen molar-refractivity contribution in [1.82, 2.24) is 10.3 Å². The molecule has 0 unspecified atom stereocenters. The Morgan fingerprint density at radius 2 is 2.14 bits per heavy atom. The smallest absolute Gasteiger partial charge is 0.336 e. The molecule has 6 heteroatoms. The number of aromatic nitrogens is 1. The number of ether oxygens (including phenoxy) is 1. The molecular formula is C15H15N3O3. The Kier molecular flexibility index (Phi) is 4.33. The van der Waals surface area contributed by atoms with Gasteiger partial charge < -0.3 is 10.1 Å². The molecule has 108 valence electrons. The Balaban J connectivity index is 2.56. The standard InChI is InChI=1S/C15H15N3O3/c1-3-21-15(20)12-9(2)18-14(19)11(8-16)13(12)10-4-6-17-7-5-10/h4-7,11,13H,3H2,1-2H3,(H,18,19)/t11-,13-/m0/s1. The summed E-state index contributed by atoms with van der Waals surface area (Å²) in [5.41, 5.74) is 1.43. The number of carbonyl (C=O) groups excluding carboxylic acids is 2. The molecule has 2 atom stereocenters. The molecule has 1 aromatic rings. The summed E-state index contributed by atoms with van der Waals surface area (Å²) in [5.74, 6) is -2.55. The van der Waals surface area contributed by atoms with Crippen LogP contribution in [0.3, 0.4) is 0 Å². The van der Waals surface area contributed by atoms with Crippen LogP contribution in [0.2, 0.25) is 0 Å². The zero-order valence-electron chi connectivity index (χ0n) is 11.8. The van der Waals surface area contributed by atoms with E-state index in [-0.39, 0.29) is 6.61 Å². The maximum absolute atomic E-state index is 12.2. The van der Waals surface area contributed by atoms with Gasteiger partial charge in [0.1, 0.15) is 5.92 Å². The highest BCUT2D eigenvalue weighted by Gasteiger charge is 2.41. The minimum atomic E-state index is -0.976. The van der Waals surface area contributed by atoms with Gasteiger partial charge in [0.15, 0.2) is 0 Å². The lowest BCUT2D eigenvalue weighted by atomic mass is 9.78. The molecule has 0 aliphatic carbocycles. The monoisotopic (exact) mass is 285 g/mol. The summed E-state index contributed by atoms with van der Waals surface area (Å²) in [4.78, 5) is 28.1. The van der Waals surface area contributed by atoms with Gasteiger partial charge in [0.25, 0.3) is 0 Å². The Hall–Kier alpha value is -2.68. The van der Waals surface area contributed by atoms with E-state index in [4.69, 9.17) is 4.74 Å². The summed E-state index contributed by atoms with van der Waals surface area (Å²) >= 11 is 0. The zero-order valence-corrected chi connectivity index (χ0v) is 11.8. The number of allylic oxidation sites excluding steroid dienone is 1. The van der Waals surface area contributed by atoms with Crippen LogP contribution in [0.1, 0.15) is 25.3 Å². The average Bonchev–Trinajstić information content (AvgIpc) is 2.47. The van der Waals surface area contributed by atoms with E-state index in [1.165, 1.54) is 0 Å². The lowest BCUT2D eigenvalue weighted by Gasteiger charge is -2.29. The van der Waals surface area contributed by atoms with Gasteiger partial charge in [0.05, 0.1) is 18.2 Å². The van der Waals surface area contributed by atoms with Gasteiger partial charge in [-0.25, -0.2) is 4.79 Å².